The molecule has 1 fully saturated rings. The van der Waals surface area contributed by atoms with Crippen LogP contribution in [0.3, 0.4) is 0 Å². The second-order valence-corrected chi connectivity index (χ2v) is 7.30. The van der Waals surface area contributed by atoms with Crippen molar-refractivity contribution in [1.82, 2.24) is 20.3 Å². The molecule has 0 bridgehead atoms. The molecule has 0 aromatic carbocycles. The highest BCUT2D eigenvalue weighted by atomic mass is 32.1. The lowest BCUT2D eigenvalue weighted by Gasteiger charge is -2.32. The van der Waals surface area contributed by atoms with Crippen molar-refractivity contribution in [3.63, 3.8) is 0 Å². The fourth-order valence-corrected chi connectivity index (χ4v) is 3.97. The highest BCUT2D eigenvalue weighted by molar-refractivity contribution is 7.11. The van der Waals surface area contributed by atoms with Crippen molar-refractivity contribution >= 4 is 23.2 Å². The summed E-state index contributed by atoms with van der Waals surface area (Å²) in [5, 5.41) is 3.13. The van der Waals surface area contributed by atoms with E-state index in [2.05, 4.69) is 20.2 Å². The van der Waals surface area contributed by atoms with Crippen molar-refractivity contribution in [3.05, 3.63) is 33.5 Å². The summed E-state index contributed by atoms with van der Waals surface area (Å²) in [4.78, 5) is 28.6. The normalized spacial score (nSPS) is 18.0. The molecule has 4 rings (SSSR count). The highest BCUT2D eigenvalue weighted by Crippen LogP contribution is 2.21. The van der Waals surface area contributed by atoms with Crippen LogP contribution < -0.4 is 10.2 Å². The third-order valence-electron chi connectivity index (χ3n) is 4.75. The van der Waals surface area contributed by atoms with Crippen molar-refractivity contribution < 1.29 is 9.53 Å². The zero-order valence-electron chi connectivity index (χ0n) is 14.2. The second-order valence-electron chi connectivity index (χ2n) is 6.45. The van der Waals surface area contributed by atoms with Gasteiger partial charge in [0.1, 0.15) is 4.88 Å². The molecular weight excluding hydrogens is 338 g/mol. The van der Waals surface area contributed by atoms with Gasteiger partial charge in [0.05, 0.1) is 30.1 Å². The standard InChI is InChI=1S/C17H21N5O2S/c1-11-15(25-10-19-11)16(23)20-13-2-5-22(6-3-13)17-18-8-12-9-24-7-4-14(12)21-17/h8,10,13H,2-7,9H2,1H3,(H,20,23). The molecule has 2 aliphatic heterocycles. The van der Waals surface area contributed by atoms with Gasteiger partial charge >= 0.3 is 0 Å². The van der Waals surface area contributed by atoms with E-state index < -0.39 is 0 Å². The second kappa shape index (κ2) is 7.05. The Hall–Kier alpha value is -2.06. The van der Waals surface area contributed by atoms with E-state index >= 15 is 0 Å². The Morgan fingerprint density at radius 3 is 2.96 bits per heavy atom. The number of aromatic nitrogens is 3. The molecule has 25 heavy (non-hydrogen) atoms. The minimum atomic E-state index is -0.0107. The van der Waals surface area contributed by atoms with E-state index in [-0.39, 0.29) is 11.9 Å². The van der Waals surface area contributed by atoms with Crippen molar-refractivity contribution in [2.45, 2.75) is 38.8 Å². The van der Waals surface area contributed by atoms with Crippen LogP contribution in [0.1, 0.15) is 39.5 Å². The van der Waals surface area contributed by atoms with E-state index in [1.807, 2.05) is 13.1 Å². The molecule has 1 N–H and O–H groups in total. The molecule has 2 aromatic rings. The van der Waals surface area contributed by atoms with Crippen LogP contribution >= 0.6 is 11.3 Å². The molecule has 0 spiro atoms. The maximum atomic E-state index is 12.3. The molecule has 0 saturated carbocycles. The van der Waals surface area contributed by atoms with E-state index in [1.54, 1.807) is 5.51 Å². The van der Waals surface area contributed by atoms with E-state index in [9.17, 15) is 4.79 Å². The van der Waals surface area contributed by atoms with Crippen LogP contribution in [0, 0.1) is 6.92 Å². The largest absolute Gasteiger partial charge is 0.376 e. The zero-order chi connectivity index (χ0) is 17.2. The summed E-state index contributed by atoms with van der Waals surface area (Å²) < 4.78 is 5.43. The third kappa shape index (κ3) is 3.50. The Labute approximate surface area is 150 Å². The first-order valence-corrected chi connectivity index (χ1v) is 9.47. The number of nitrogens with one attached hydrogen (secondary N) is 1. The van der Waals surface area contributed by atoms with Gasteiger partial charge in [-0.1, -0.05) is 0 Å². The Balaban J connectivity index is 1.35. The number of carbonyl (C=O) groups excluding carboxylic acids is 1. The molecule has 1 saturated heterocycles. The Kier molecular flexibility index (Phi) is 4.63. The number of rotatable bonds is 3. The predicted octanol–water partition coefficient (Wildman–Crippen LogP) is 1.71. The molecule has 0 atom stereocenters. The van der Waals surface area contributed by atoms with Crippen molar-refractivity contribution in [2.24, 2.45) is 0 Å². The number of nitrogens with zero attached hydrogens (tertiary/aromatic N) is 4. The van der Waals surface area contributed by atoms with Crippen LogP contribution in [0.15, 0.2) is 11.7 Å². The van der Waals surface area contributed by atoms with Crippen molar-refractivity contribution in [3.8, 4) is 0 Å². The van der Waals surface area contributed by atoms with Gasteiger partial charge in [0.15, 0.2) is 0 Å². The van der Waals surface area contributed by atoms with Crippen LogP contribution in [-0.2, 0) is 17.8 Å². The van der Waals surface area contributed by atoms with Crippen LogP contribution in [-0.4, -0.2) is 46.6 Å². The first kappa shape index (κ1) is 16.4. The number of thiazole rings is 1. The SMILES string of the molecule is Cc1ncsc1C(=O)NC1CCN(c2ncc3c(n2)CCOC3)CC1. The van der Waals surface area contributed by atoms with Crippen LogP contribution in [0.2, 0.25) is 0 Å². The molecule has 132 valence electrons. The number of anilines is 1. The first-order valence-electron chi connectivity index (χ1n) is 8.59. The van der Waals surface area contributed by atoms with E-state index in [0.717, 1.165) is 61.9 Å². The minimum Gasteiger partial charge on any atom is -0.376 e. The molecular formula is C17H21N5O2S. The van der Waals surface area contributed by atoms with E-state index in [1.165, 1.54) is 11.3 Å². The Morgan fingerprint density at radius 1 is 1.36 bits per heavy atom. The monoisotopic (exact) mass is 359 g/mol. The molecule has 8 heteroatoms. The molecule has 2 aromatic heterocycles. The van der Waals surface area contributed by atoms with Crippen LogP contribution in [0.4, 0.5) is 5.95 Å². The number of amides is 1. The summed E-state index contributed by atoms with van der Waals surface area (Å²) in [5.74, 6) is 0.784. The van der Waals surface area contributed by atoms with Gasteiger partial charge in [-0.3, -0.25) is 4.79 Å². The lowest BCUT2D eigenvalue weighted by molar-refractivity contribution is 0.0934. The zero-order valence-corrected chi connectivity index (χ0v) is 15.0. The van der Waals surface area contributed by atoms with Gasteiger partial charge in [-0.2, -0.15) is 0 Å². The van der Waals surface area contributed by atoms with Gasteiger partial charge in [-0.05, 0) is 19.8 Å². The predicted molar refractivity (Wildman–Crippen MR) is 94.9 cm³/mol. The molecule has 2 aliphatic rings. The van der Waals surface area contributed by atoms with Gasteiger partial charge in [0.2, 0.25) is 5.95 Å². The number of carbonyl (C=O) groups is 1. The summed E-state index contributed by atoms with van der Waals surface area (Å²) in [6.45, 7) is 4.91. The summed E-state index contributed by atoms with van der Waals surface area (Å²) in [7, 11) is 0. The summed E-state index contributed by atoms with van der Waals surface area (Å²) in [5.41, 5.74) is 4.71. The number of aryl methyl sites for hydroxylation is 1. The maximum Gasteiger partial charge on any atom is 0.263 e. The molecule has 7 nitrogen and oxygen atoms in total. The van der Waals surface area contributed by atoms with E-state index in [0.29, 0.717) is 11.5 Å². The average Bonchev–Trinajstić information content (AvgIpc) is 3.08. The maximum absolute atomic E-state index is 12.3. The number of ether oxygens (including phenoxy) is 1. The molecule has 0 unspecified atom stereocenters. The van der Waals surface area contributed by atoms with Crippen molar-refractivity contribution in [1.29, 1.82) is 0 Å². The number of hydrogen-bond donors (Lipinski definition) is 1. The summed E-state index contributed by atoms with van der Waals surface area (Å²) >= 11 is 1.39. The molecule has 4 heterocycles. The number of fused-ring (bicyclic) bond motifs is 1. The smallest absolute Gasteiger partial charge is 0.263 e. The third-order valence-corrected chi connectivity index (χ3v) is 5.67. The van der Waals surface area contributed by atoms with E-state index in [4.69, 9.17) is 9.72 Å². The van der Waals surface area contributed by atoms with Gasteiger partial charge < -0.3 is 15.0 Å². The average molecular weight is 359 g/mol. The molecule has 1 amide bonds. The lowest BCUT2D eigenvalue weighted by atomic mass is 10.1. The fraction of sp³-hybridized carbons (Fsp3) is 0.529. The first-order chi connectivity index (χ1) is 12.2. The van der Waals surface area contributed by atoms with Gasteiger partial charge in [0, 0.05) is 37.3 Å². The topological polar surface area (TPSA) is 80.2 Å². The highest BCUT2D eigenvalue weighted by Gasteiger charge is 2.24. The lowest BCUT2D eigenvalue weighted by Crippen LogP contribution is -2.45. The Bertz CT molecular complexity index is 770. The van der Waals surface area contributed by atoms with Crippen molar-refractivity contribution in [2.75, 3.05) is 24.6 Å². The Morgan fingerprint density at radius 2 is 2.20 bits per heavy atom. The fourth-order valence-electron chi connectivity index (χ4n) is 3.27. The minimum absolute atomic E-state index is 0.0107. The molecule has 0 aliphatic carbocycles. The summed E-state index contributed by atoms with van der Waals surface area (Å²) in [6.07, 6.45) is 4.53. The van der Waals surface area contributed by atoms with Crippen LogP contribution in [0.25, 0.3) is 0 Å². The quantitative estimate of drug-likeness (QED) is 0.899. The van der Waals surface area contributed by atoms with Gasteiger partial charge in [0.25, 0.3) is 5.91 Å². The van der Waals surface area contributed by atoms with Crippen LogP contribution in [0.5, 0.6) is 0 Å². The molecule has 0 radical (unpaired) electrons. The summed E-state index contributed by atoms with van der Waals surface area (Å²) in [6, 6.07) is 0.191. The van der Waals surface area contributed by atoms with Gasteiger partial charge in [-0.15, -0.1) is 11.3 Å². The number of hydrogen-bond acceptors (Lipinski definition) is 7. The number of piperidine rings is 1. The van der Waals surface area contributed by atoms with Gasteiger partial charge in [-0.25, -0.2) is 15.0 Å².